The minimum absolute atomic E-state index is 0.0789. The second-order valence-corrected chi connectivity index (χ2v) is 10.3. The number of hydrogen-bond donors (Lipinski definition) is 0. The van der Waals surface area contributed by atoms with Crippen LogP contribution in [-0.4, -0.2) is 6.61 Å². The van der Waals surface area contributed by atoms with E-state index >= 15 is 4.39 Å². The van der Waals surface area contributed by atoms with E-state index in [0.717, 1.165) is 50.5 Å². The summed E-state index contributed by atoms with van der Waals surface area (Å²) < 4.78 is 63.2. The lowest BCUT2D eigenvalue weighted by molar-refractivity contribution is -0.141. The fourth-order valence-electron chi connectivity index (χ4n) is 4.97. The number of rotatable bonds is 16. The van der Waals surface area contributed by atoms with Gasteiger partial charge in [-0.05, 0) is 53.6 Å². The van der Waals surface area contributed by atoms with E-state index in [-0.39, 0.29) is 12.2 Å². The SMILES string of the molecule is CCCCCCCCOc1ccc(-c2ccccc2-c2ccc(CCCCCCC)cc2)c(F)c1C(F)(F)F. The molecule has 3 rings (SSSR count). The third-order valence-corrected chi connectivity index (χ3v) is 7.19. The maximum Gasteiger partial charge on any atom is 0.422 e. The van der Waals surface area contributed by atoms with Crippen LogP contribution in [0, 0.1) is 5.82 Å². The molecule has 0 bridgehead atoms. The second-order valence-electron chi connectivity index (χ2n) is 10.3. The molecule has 0 aromatic heterocycles. The number of unbranched alkanes of at least 4 members (excludes halogenated alkanes) is 9. The molecule has 3 aromatic carbocycles. The zero-order chi connectivity index (χ0) is 28.1. The minimum atomic E-state index is -4.87. The summed E-state index contributed by atoms with van der Waals surface area (Å²) in [6.07, 6.45) is 8.11. The van der Waals surface area contributed by atoms with E-state index in [4.69, 9.17) is 4.74 Å². The first-order valence-electron chi connectivity index (χ1n) is 14.6. The second kappa shape index (κ2) is 15.7. The number of alkyl halides is 3. The number of benzene rings is 3. The zero-order valence-corrected chi connectivity index (χ0v) is 23.4. The van der Waals surface area contributed by atoms with Crippen LogP contribution in [0.4, 0.5) is 17.6 Å². The third-order valence-electron chi connectivity index (χ3n) is 7.19. The van der Waals surface area contributed by atoms with E-state index in [1.54, 1.807) is 12.1 Å². The summed E-state index contributed by atoms with van der Waals surface area (Å²) in [6.45, 7) is 4.46. The van der Waals surface area contributed by atoms with Gasteiger partial charge in [0.05, 0.1) is 6.61 Å². The third kappa shape index (κ3) is 9.12. The lowest BCUT2D eigenvalue weighted by Gasteiger charge is -2.18. The molecule has 0 unspecified atom stereocenters. The van der Waals surface area contributed by atoms with Gasteiger partial charge in [-0.3, -0.25) is 0 Å². The van der Waals surface area contributed by atoms with E-state index < -0.39 is 23.3 Å². The van der Waals surface area contributed by atoms with Gasteiger partial charge in [0, 0.05) is 5.56 Å². The van der Waals surface area contributed by atoms with Gasteiger partial charge < -0.3 is 4.74 Å². The summed E-state index contributed by atoms with van der Waals surface area (Å²) >= 11 is 0. The molecular weight excluding hydrogens is 500 g/mol. The molecule has 0 amide bonds. The van der Waals surface area contributed by atoms with E-state index in [1.807, 2.05) is 24.3 Å². The van der Waals surface area contributed by atoms with E-state index in [1.165, 1.54) is 43.4 Å². The number of ether oxygens (including phenoxy) is 1. The van der Waals surface area contributed by atoms with Crippen molar-refractivity contribution in [2.45, 2.75) is 97.1 Å². The van der Waals surface area contributed by atoms with Gasteiger partial charge in [-0.2, -0.15) is 13.2 Å². The normalized spacial score (nSPS) is 11.6. The van der Waals surface area contributed by atoms with E-state index in [0.29, 0.717) is 17.5 Å². The van der Waals surface area contributed by atoms with Gasteiger partial charge in [0.25, 0.3) is 0 Å². The lowest BCUT2D eigenvalue weighted by atomic mass is 9.92. The Morgan fingerprint density at radius 2 is 1.21 bits per heavy atom. The smallest absolute Gasteiger partial charge is 0.422 e. The average molecular weight is 543 g/mol. The fourth-order valence-corrected chi connectivity index (χ4v) is 4.97. The van der Waals surface area contributed by atoms with Crippen molar-refractivity contribution in [1.29, 1.82) is 0 Å². The monoisotopic (exact) mass is 542 g/mol. The van der Waals surface area contributed by atoms with Crippen molar-refractivity contribution in [1.82, 2.24) is 0 Å². The molecule has 5 heteroatoms. The molecule has 0 saturated heterocycles. The Morgan fingerprint density at radius 1 is 0.615 bits per heavy atom. The first-order chi connectivity index (χ1) is 18.9. The number of halogens is 4. The van der Waals surface area contributed by atoms with Crippen molar-refractivity contribution in [3.05, 3.63) is 77.6 Å². The summed E-state index contributed by atoms with van der Waals surface area (Å²) in [5, 5.41) is 0. The van der Waals surface area contributed by atoms with Crippen molar-refractivity contribution in [2.75, 3.05) is 6.61 Å². The molecule has 3 aromatic rings. The topological polar surface area (TPSA) is 9.23 Å². The Labute approximate surface area is 231 Å². The molecule has 0 saturated carbocycles. The average Bonchev–Trinajstić information content (AvgIpc) is 2.92. The van der Waals surface area contributed by atoms with Gasteiger partial charge in [-0.1, -0.05) is 120 Å². The molecular formula is C34H42F4O. The van der Waals surface area contributed by atoms with Crippen LogP contribution in [0.2, 0.25) is 0 Å². The quantitative estimate of drug-likeness (QED) is 0.129. The van der Waals surface area contributed by atoms with Gasteiger partial charge >= 0.3 is 6.18 Å². The van der Waals surface area contributed by atoms with Crippen molar-refractivity contribution in [3.63, 3.8) is 0 Å². The van der Waals surface area contributed by atoms with Gasteiger partial charge in [0.1, 0.15) is 17.1 Å². The van der Waals surface area contributed by atoms with Crippen LogP contribution in [0.15, 0.2) is 60.7 Å². The van der Waals surface area contributed by atoms with Crippen molar-refractivity contribution >= 4 is 0 Å². The van der Waals surface area contributed by atoms with E-state index in [9.17, 15) is 13.2 Å². The van der Waals surface area contributed by atoms with Gasteiger partial charge in [0.2, 0.25) is 0 Å². The molecule has 0 radical (unpaired) electrons. The maximum absolute atomic E-state index is 15.6. The molecule has 0 aliphatic carbocycles. The van der Waals surface area contributed by atoms with Crippen LogP contribution in [-0.2, 0) is 12.6 Å². The zero-order valence-electron chi connectivity index (χ0n) is 23.4. The summed E-state index contributed by atoms with van der Waals surface area (Å²) in [5.74, 6) is -1.74. The molecule has 39 heavy (non-hydrogen) atoms. The Balaban J connectivity index is 1.80. The van der Waals surface area contributed by atoms with Crippen molar-refractivity contribution in [3.8, 4) is 28.0 Å². The summed E-state index contributed by atoms with van der Waals surface area (Å²) in [7, 11) is 0. The van der Waals surface area contributed by atoms with Crippen molar-refractivity contribution in [2.24, 2.45) is 0 Å². The van der Waals surface area contributed by atoms with Crippen LogP contribution >= 0.6 is 0 Å². The summed E-state index contributed by atoms with van der Waals surface area (Å²) in [6, 6.07) is 17.8. The Morgan fingerprint density at radius 3 is 1.85 bits per heavy atom. The minimum Gasteiger partial charge on any atom is -0.493 e. The lowest BCUT2D eigenvalue weighted by Crippen LogP contribution is -2.13. The molecule has 0 aliphatic rings. The molecule has 0 fully saturated rings. The van der Waals surface area contributed by atoms with Gasteiger partial charge in [0.15, 0.2) is 0 Å². The largest absolute Gasteiger partial charge is 0.493 e. The predicted molar refractivity (Wildman–Crippen MR) is 154 cm³/mol. The van der Waals surface area contributed by atoms with Crippen LogP contribution < -0.4 is 4.74 Å². The predicted octanol–water partition coefficient (Wildman–Crippen LogP) is 11.4. The van der Waals surface area contributed by atoms with Gasteiger partial charge in [-0.15, -0.1) is 0 Å². The van der Waals surface area contributed by atoms with E-state index in [2.05, 4.69) is 26.0 Å². The maximum atomic E-state index is 15.6. The Kier molecular flexibility index (Phi) is 12.4. The number of hydrogen-bond acceptors (Lipinski definition) is 1. The summed E-state index contributed by atoms with van der Waals surface area (Å²) in [4.78, 5) is 0. The van der Waals surface area contributed by atoms with Crippen LogP contribution in [0.25, 0.3) is 22.3 Å². The van der Waals surface area contributed by atoms with Crippen LogP contribution in [0.3, 0.4) is 0 Å². The van der Waals surface area contributed by atoms with Crippen LogP contribution in [0.5, 0.6) is 5.75 Å². The highest BCUT2D eigenvalue weighted by Gasteiger charge is 2.39. The highest BCUT2D eigenvalue weighted by atomic mass is 19.4. The Bertz CT molecular complexity index is 1130. The highest BCUT2D eigenvalue weighted by molar-refractivity contribution is 5.84. The molecule has 0 N–H and O–H groups in total. The molecule has 212 valence electrons. The molecule has 0 atom stereocenters. The Hall–Kier alpha value is -2.82. The van der Waals surface area contributed by atoms with Crippen LogP contribution in [0.1, 0.15) is 95.6 Å². The van der Waals surface area contributed by atoms with Crippen molar-refractivity contribution < 1.29 is 22.3 Å². The molecule has 0 spiro atoms. The summed E-state index contributed by atoms with van der Waals surface area (Å²) in [5.41, 5.74) is 1.78. The van der Waals surface area contributed by atoms with Gasteiger partial charge in [-0.25, -0.2) is 4.39 Å². The molecule has 0 aliphatic heterocycles. The molecule has 1 nitrogen and oxygen atoms in total. The molecule has 0 heterocycles. The fraction of sp³-hybridized carbons (Fsp3) is 0.471. The first kappa shape index (κ1) is 30.7. The highest BCUT2D eigenvalue weighted by Crippen LogP contribution is 2.43. The standard InChI is InChI=1S/C34H42F4O/c1-3-5-7-9-11-15-25-39-31-24-23-30(33(35)32(31)34(36,37)38)29-18-14-13-17-28(29)27-21-19-26(20-22-27)16-12-10-8-6-4-2/h13-14,17-24H,3-12,15-16,25H2,1-2H3. The number of aryl methyl sites for hydroxylation is 1. The first-order valence-corrected chi connectivity index (χ1v) is 14.6.